The summed E-state index contributed by atoms with van der Waals surface area (Å²) in [6.07, 6.45) is 1.38. The molecule has 4 rings (SSSR count). The Bertz CT molecular complexity index is 1210. The minimum Gasteiger partial charge on any atom is -0.506 e. The number of anilines is 2. The van der Waals surface area contributed by atoms with Gasteiger partial charge < -0.3 is 10.4 Å². The second kappa shape index (κ2) is 6.86. The van der Waals surface area contributed by atoms with E-state index in [1.165, 1.54) is 48.0 Å². The fourth-order valence-corrected chi connectivity index (χ4v) is 3.98. The van der Waals surface area contributed by atoms with Crippen LogP contribution in [0.1, 0.15) is 4.88 Å². The topological polar surface area (TPSA) is 101 Å². The summed E-state index contributed by atoms with van der Waals surface area (Å²) in [5.74, 6) is -0.0887. The Morgan fingerprint density at radius 3 is 2.64 bits per heavy atom. The molecular weight excluding hydrogens is 383 g/mol. The first-order valence-electron chi connectivity index (χ1n) is 8.18. The average molecular weight is 396 g/mol. The molecule has 0 saturated heterocycles. The van der Waals surface area contributed by atoms with Gasteiger partial charge in [0, 0.05) is 22.6 Å². The molecule has 0 unspecified atom stereocenters. The fourth-order valence-electron chi connectivity index (χ4n) is 2.97. The van der Waals surface area contributed by atoms with Crippen molar-refractivity contribution < 1.29 is 14.4 Å². The zero-order valence-electron chi connectivity index (χ0n) is 14.5. The molecule has 2 heterocycles. The molecule has 9 heteroatoms. The summed E-state index contributed by atoms with van der Waals surface area (Å²) < 4.78 is 13.3. The zero-order chi connectivity index (χ0) is 19.8. The predicted molar refractivity (Wildman–Crippen MR) is 106 cm³/mol. The summed E-state index contributed by atoms with van der Waals surface area (Å²) in [5, 5.41) is 24.8. The summed E-state index contributed by atoms with van der Waals surface area (Å²) in [5.41, 5.74) is 1.63. The van der Waals surface area contributed by atoms with Crippen LogP contribution in [0, 0.1) is 22.9 Å². The molecule has 0 atom stereocenters. The van der Waals surface area contributed by atoms with Crippen LogP contribution in [-0.2, 0) is 0 Å². The van der Waals surface area contributed by atoms with Crippen molar-refractivity contribution in [1.82, 2.24) is 9.97 Å². The molecule has 0 aliphatic rings. The SMILES string of the molecule is Cc1sc2ncnc(Nc3cc([N+](=O)[O-])ccc3O)c2c1-c1ccc(F)cc1. The first-order valence-corrected chi connectivity index (χ1v) is 9.00. The molecule has 0 radical (unpaired) electrons. The van der Waals surface area contributed by atoms with Crippen LogP contribution in [0.4, 0.5) is 21.6 Å². The maximum atomic E-state index is 13.3. The van der Waals surface area contributed by atoms with Crippen molar-refractivity contribution in [3.63, 3.8) is 0 Å². The number of benzene rings is 2. The second-order valence-corrected chi connectivity index (χ2v) is 7.23. The zero-order valence-corrected chi connectivity index (χ0v) is 15.3. The number of aromatic hydroxyl groups is 1. The molecule has 0 aliphatic carbocycles. The van der Waals surface area contributed by atoms with Crippen LogP contribution in [0.15, 0.2) is 48.8 Å². The van der Waals surface area contributed by atoms with E-state index in [1.807, 2.05) is 6.92 Å². The van der Waals surface area contributed by atoms with E-state index in [-0.39, 0.29) is 22.9 Å². The van der Waals surface area contributed by atoms with E-state index >= 15 is 0 Å². The van der Waals surface area contributed by atoms with Gasteiger partial charge in [0.2, 0.25) is 0 Å². The third-order valence-corrected chi connectivity index (χ3v) is 5.25. The first-order chi connectivity index (χ1) is 13.4. The van der Waals surface area contributed by atoms with Crippen LogP contribution in [0.2, 0.25) is 0 Å². The van der Waals surface area contributed by atoms with Gasteiger partial charge in [-0.05, 0) is 30.7 Å². The molecule has 2 N–H and O–H groups in total. The van der Waals surface area contributed by atoms with E-state index in [2.05, 4.69) is 15.3 Å². The van der Waals surface area contributed by atoms with Crippen molar-refractivity contribution in [3.05, 3.63) is 69.6 Å². The van der Waals surface area contributed by atoms with Crippen LogP contribution < -0.4 is 5.32 Å². The van der Waals surface area contributed by atoms with Gasteiger partial charge >= 0.3 is 0 Å². The number of aromatic nitrogens is 2. The number of nitro groups is 1. The Morgan fingerprint density at radius 1 is 1.18 bits per heavy atom. The van der Waals surface area contributed by atoms with Gasteiger partial charge in [-0.2, -0.15) is 0 Å². The summed E-state index contributed by atoms with van der Waals surface area (Å²) in [4.78, 5) is 20.7. The summed E-state index contributed by atoms with van der Waals surface area (Å²) >= 11 is 1.46. The summed E-state index contributed by atoms with van der Waals surface area (Å²) in [6.45, 7) is 1.93. The lowest BCUT2D eigenvalue weighted by molar-refractivity contribution is -0.384. The van der Waals surface area contributed by atoms with E-state index in [9.17, 15) is 19.6 Å². The third-order valence-electron chi connectivity index (χ3n) is 4.24. The van der Waals surface area contributed by atoms with Crippen LogP contribution in [0.3, 0.4) is 0 Å². The minimum atomic E-state index is -0.543. The number of non-ortho nitro benzene ring substituents is 1. The van der Waals surface area contributed by atoms with Gasteiger partial charge in [0.25, 0.3) is 5.69 Å². The summed E-state index contributed by atoms with van der Waals surface area (Å²) in [6, 6.07) is 9.80. The quantitative estimate of drug-likeness (QED) is 0.281. The lowest BCUT2D eigenvalue weighted by Crippen LogP contribution is -1.97. The van der Waals surface area contributed by atoms with Crippen molar-refractivity contribution in [1.29, 1.82) is 0 Å². The molecule has 7 nitrogen and oxygen atoms in total. The van der Waals surface area contributed by atoms with Crippen molar-refractivity contribution in [2.75, 3.05) is 5.32 Å². The Labute approximate surface area is 162 Å². The Balaban J connectivity index is 1.88. The highest BCUT2D eigenvalue weighted by Gasteiger charge is 2.18. The monoisotopic (exact) mass is 396 g/mol. The maximum Gasteiger partial charge on any atom is 0.271 e. The minimum absolute atomic E-state index is 0.146. The van der Waals surface area contributed by atoms with E-state index in [0.717, 1.165) is 16.0 Å². The van der Waals surface area contributed by atoms with Gasteiger partial charge in [-0.1, -0.05) is 12.1 Å². The number of fused-ring (bicyclic) bond motifs is 1. The molecule has 0 bridgehead atoms. The van der Waals surface area contributed by atoms with E-state index in [1.54, 1.807) is 12.1 Å². The highest BCUT2D eigenvalue weighted by atomic mass is 32.1. The predicted octanol–water partition coefficient (Wildman–Crippen LogP) is 5.16. The number of phenols is 1. The molecule has 4 aromatic rings. The van der Waals surface area contributed by atoms with Gasteiger partial charge in [-0.15, -0.1) is 11.3 Å². The molecule has 0 saturated carbocycles. The number of rotatable bonds is 4. The number of thiophene rings is 1. The van der Waals surface area contributed by atoms with Gasteiger partial charge in [0.05, 0.1) is 16.0 Å². The Hall–Kier alpha value is -3.59. The molecule has 2 aromatic carbocycles. The number of nitrogens with zero attached hydrogens (tertiary/aromatic N) is 3. The van der Waals surface area contributed by atoms with Crippen molar-refractivity contribution >= 4 is 38.7 Å². The van der Waals surface area contributed by atoms with Crippen LogP contribution in [-0.4, -0.2) is 20.0 Å². The van der Waals surface area contributed by atoms with Crippen LogP contribution in [0.25, 0.3) is 21.3 Å². The molecule has 0 fully saturated rings. The van der Waals surface area contributed by atoms with Crippen LogP contribution >= 0.6 is 11.3 Å². The van der Waals surface area contributed by atoms with Crippen molar-refractivity contribution in [2.45, 2.75) is 6.92 Å². The molecule has 140 valence electrons. The number of halogens is 1. The van der Waals surface area contributed by atoms with Gasteiger partial charge in [0.1, 0.15) is 28.5 Å². The first kappa shape index (κ1) is 17.8. The molecule has 0 amide bonds. The standard InChI is InChI=1S/C19H13FN4O3S/c1-10-16(11-2-4-12(20)5-3-11)17-18(21-9-22-19(17)28-10)23-14-8-13(24(26)27)6-7-15(14)25/h2-9,25H,1H3,(H,21,22,23). The lowest BCUT2D eigenvalue weighted by Gasteiger charge is -2.10. The maximum absolute atomic E-state index is 13.3. The molecule has 28 heavy (non-hydrogen) atoms. The van der Waals surface area contributed by atoms with Gasteiger partial charge in [0.15, 0.2) is 0 Å². The number of hydrogen-bond donors (Lipinski definition) is 2. The Morgan fingerprint density at radius 2 is 1.93 bits per heavy atom. The normalized spacial score (nSPS) is 10.9. The highest BCUT2D eigenvalue weighted by Crippen LogP contribution is 2.42. The van der Waals surface area contributed by atoms with Crippen molar-refractivity contribution in [3.8, 4) is 16.9 Å². The number of hydrogen-bond acceptors (Lipinski definition) is 7. The highest BCUT2D eigenvalue weighted by molar-refractivity contribution is 7.19. The number of nitro benzene ring substituents is 1. The molecule has 0 aliphatic heterocycles. The second-order valence-electron chi connectivity index (χ2n) is 6.03. The van der Waals surface area contributed by atoms with Gasteiger partial charge in [-0.3, -0.25) is 10.1 Å². The number of phenolic OH excluding ortho intramolecular Hbond substituents is 1. The van der Waals surface area contributed by atoms with Crippen LogP contribution in [0.5, 0.6) is 5.75 Å². The third kappa shape index (κ3) is 3.12. The van der Waals surface area contributed by atoms with E-state index in [4.69, 9.17) is 0 Å². The molecule has 2 aromatic heterocycles. The molecule has 0 spiro atoms. The number of nitrogens with one attached hydrogen (secondary N) is 1. The number of aryl methyl sites for hydroxylation is 1. The molecular formula is C19H13FN4O3S. The van der Waals surface area contributed by atoms with Gasteiger partial charge in [-0.25, -0.2) is 14.4 Å². The fraction of sp³-hybridized carbons (Fsp3) is 0.0526. The smallest absolute Gasteiger partial charge is 0.271 e. The lowest BCUT2D eigenvalue weighted by atomic mass is 10.0. The van der Waals surface area contributed by atoms with Crippen molar-refractivity contribution in [2.24, 2.45) is 0 Å². The summed E-state index contributed by atoms with van der Waals surface area (Å²) in [7, 11) is 0. The van der Waals surface area contributed by atoms with E-state index < -0.39 is 4.92 Å². The largest absolute Gasteiger partial charge is 0.506 e. The Kier molecular flexibility index (Phi) is 4.36. The average Bonchev–Trinajstić information content (AvgIpc) is 3.01. The van der Waals surface area contributed by atoms with E-state index in [0.29, 0.717) is 16.0 Å².